The normalized spacial score (nSPS) is 13.6. The zero-order valence-corrected chi connectivity index (χ0v) is 11.8. The van der Waals surface area contributed by atoms with Gasteiger partial charge in [0.15, 0.2) is 0 Å². The number of halogens is 2. The molecule has 0 spiro atoms. The molecular weight excluding hydrogens is 311 g/mol. The lowest BCUT2D eigenvalue weighted by molar-refractivity contribution is 0.573. The summed E-state index contributed by atoms with van der Waals surface area (Å²) in [7, 11) is -3.68. The van der Waals surface area contributed by atoms with E-state index in [4.69, 9.17) is 0 Å². The van der Waals surface area contributed by atoms with Crippen LogP contribution in [0, 0.1) is 5.82 Å². The predicted molar refractivity (Wildman–Crippen MR) is 67.0 cm³/mol. The molecule has 0 bridgehead atoms. The molecule has 4 nitrogen and oxygen atoms in total. The van der Waals surface area contributed by atoms with E-state index in [-0.39, 0.29) is 16.3 Å². The standard InChI is InChI=1S/C10H14BrFN2O2S/c1-2-3-8(11)5-14-17(15,16)10-4-9(12)6-13-7-10/h4,6-8,14H,2-3,5H2,1H3. The minimum Gasteiger partial charge on any atom is -0.260 e. The Bertz CT molecular complexity index is 467. The lowest BCUT2D eigenvalue weighted by atomic mass is 10.2. The molecule has 0 aliphatic carbocycles. The van der Waals surface area contributed by atoms with E-state index >= 15 is 0 Å². The van der Waals surface area contributed by atoms with Crippen LogP contribution in [0.3, 0.4) is 0 Å². The van der Waals surface area contributed by atoms with Crippen LogP contribution in [0.2, 0.25) is 0 Å². The maximum atomic E-state index is 12.9. The first-order valence-corrected chi connectivity index (χ1v) is 7.60. The zero-order valence-electron chi connectivity index (χ0n) is 9.36. The summed E-state index contributed by atoms with van der Waals surface area (Å²) in [6.07, 6.45) is 3.90. The monoisotopic (exact) mass is 324 g/mol. The van der Waals surface area contributed by atoms with Crippen LogP contribution in [0.1, 0.15) is 19.8 Å². The topological polar surface area (TPSA) is 59.1 Å². The van der Waals surface area contributed by atoms with Gasteiger partial charge in [-0.25, -0.2) is 17.5 Å². The third-order valence-corrected chi connectivity index (χ3v) is 4.26. The number of nitrogens with zero attached hydrogens (tertiary/aromatic N) is 1. The van der Waals surface area contributed by atoms with E-state index < -0.39 is 15.8 Å². The minimum atomic E-state index is -3.68. The first-order valence-electron chi connectivity index (χ1n) is 5.20. The number of hydrogen-bond acceptors (Lipinski definition) is 3. The molecule has 7 heteroatoms. The molecule has 0 radical (unpaired) electrons. The van der Waals surface area contributed by atoms with E-state index in [2.05, 4.69) is 25.6 Å². The van der Waals surface area contributed by atoms with Crippen molar-refractivity contribution in [1.82, 2.24) is 9.71 Å². The van der Waals surface area contributed by atoms with Crippen LogP contribution in [0.25, 0.3) is 0 Å². The predicted octanol–water partition coefficient (Wildman–Crippen LogP) is 2.06. The third-order valence-electron chi connectivity index (χ3n) is 2.09. The molecule has 1 atom stereocenters. The van der Waals surface area contributed by atoms with E-state index in [0.717, 1.165) is 31.3 Å². The van der Waals surface area contributed by atoms with Crippen LogP contribution in [-0.4, -0.2) is 24.8 Å². The highest BCUT2D eigenvalue weighted by Crippen LogP contribution is 2.11. The van der Waals surface area contributed by atoms with Gasteiger partial charge in [-0.2, -0.15) is 0 Å². The van der Waals surface area contributed by atoms with Gasteiger partial charge in [-0.3, -0.25) is 4.98 Å². The van der Waals surface area contributed by atoms with Gasteiger partial charge in [0, 0.05) is 17.6 Å². The highest BCUT2D eigenvalue weighted by atomic mass is 79.9. The van der Waals surface area contributed by atoms with Gasteiger partial charge in [0.1, 0.15) is 10.7 Å². The van der Waals surface area contributed by atoms with Crippen molar-refractivity contribution in [3.05, 3.63) is 24.3 Å². The molecule has 0 saturated carbocycles. The van der Waals surface area contributed by atoms with Crippen molar-refractivity contribution in [2.24, 2.45) is 0 Å². The van der Waals surface area contributed by atoms with Crippen molar-refractivity contribution in [1.29, 1.82) is 0 Å². The van der Waals surface area contributed by atoms with Crippen LogP contribution >= 0.6 is 15.9 Å². The van der Waals surface area contributed by atoms with E-state index in [1.165, 1.54) is 0 Å². The van der Waals surface area contributed by atoms with Crippen LogP contribution in [0.5, 0.6) is 0 Å². The molecular formula is C10H14BrFN2O2S. The second-order valence-electron chi connectivity index (χ2n) is 3.58. The summed E-state index contributed by atoms with van der Waals surface area (Å²) in [5.41, 5.74) is 0. The molecule has 1 aromatic rings. The average molecular weight is 325 g/mol. The van der Waals surface area contributed by atoms with Gasteiger partial charge in [-0.1, -0.05) is 29.3 Å². The molecule has 0 aliphatic rings. The van der Waals surface area contributed by atoms with Crippen molar-refractivity contribution in [3.63, 3.8) is 0 Å². The molecule has 1 aromatic heterocycles. The fourth-order valence-electron chi connectivity index (χ4n) is 1.24. The van der Waals surface area contributed by atoms with E-state index in [1.807, 2.05) is 6.92 Å². The van der Waals surface area contributed by atoms with Crippen LogP contribution in [0.4, 0.5) is 4.39 Å². The molecule has 0 fully saturated rings. The summed E-state index contributed by atoms with van der Waals surface area (Å²) in [6, 6.07) is 0.943. The lowest BCUT2D eigenvalue weighted by Gasteiger charge is -2.10. The van der Waals surface area contributed by atoms with Crippen LogP contribution in [0.15, 0.2) is 23.4 Å². The Hall–Kier alpha value is -0.530. The summed E-state index contributed by atoms with van der Waals surface area (Å²) < 4.78 is 38.8. The minimum absolute atomic E-state index is 0.0730. The van der Waals surface area contributed by atoms with Crippen LogP contribution in [-0.2, 0) is 10.0 Å². The van der Waals surface area contributed by atoms with Crippen molar-refractivity contribution in [2.45, 2.75) is 29.5 Å². The molecule has 0 amide bonds. The number of hydrogen-bond donors (Lipinski definition) is 1. The zero-order chi connectivity index (χ0) is 12.9. The molecule has 17 heavy (non-hydrogen) atoms. The number of aromatic nitrogens is 1. The molecule has 0 saturated heterocycles. The van der Waals surface area contributed by atoms with Gasteiger partial charge in [0.05, 0.1) is 6.20 Å². The van der Waals surface area contributed by atoms with Crippen molar-refractivity contribution in [2.75, 3.05) is 6.54 Å². The molecule has 1 heterocycles. The number of alkyl halides is 1. The Morgan fingerprint density at radius 2 is 2.24 bits per heavy atom. The lowest BCUT2D eigenvalue weighted by Crippen LogP contribution is -2.29. The maximum absolute atomic E-state index is 12.9. The second kappa shape index (κ2) is 6.42. The van der Waals surface area contributed by atoms with Gasteiger partial charge < -0.3 is 0 Å². The second-order valence-corrected chi connectivity index (χ2v) is 6.64. The van der Waals surface area contributed by atoms with Gasteiger partial charge in [-0.15, -0.1) is 0 Å². The maximum Gasteiger partial charge on any atom is 0.242 e. The summed E-state index contributed by atoms with van der Waals surface area (Å²) in [5, 5.41) is 0. The summed E-state index contributed by atoms with van der Waals surface area (Å²) in [5.74, 6) is -0.670. The number of nitrogens with one attached hydrogen (secondary N) is 1. The fourth-order valence-corrected chi connectivity index (χ4v) is 3.13. The quantitative estimate of drug-likeness (QED) is 0.815. The van der Waals surface area contributed by atoms with Gasteiger partial charge in [0.2, 0.25) is 10.0 Å². The Balaban J connectivity index is 2.69. The fraction of sp³-hybridized carbons (Fsp3) is 0.500. The highest BCUT2D eigenvalue weighted by molar-refractivity contribution is 9.09. The first-order chi connectivity index (χ1) is 7.95. The van der Waals surface area contributed by atoms with Gasteiger partial charge in [-0.05, 0) is 12.5 Å². The Morgan fingerprint density at radius 1 is 1.53 bits per heavy atom. The van der Waals surface area contributed by atoms with E-state index in [0.29, 0.717) is 0 Å². The van der Waals surface area contributed by atoms with Crippen molar-refractivity contribution < 1.29 is 12.8 Å². The SMILES string of the molecule is CCCC(Br)CNS(=O)(=O)c1cncc(F)c1. The summed E-state index contributed by atoms with van der Waals surface area (Å²) in [4.78, 5) is 3.42. The molecule has 0 aromatic carbocycles. The van der Waals surface area contributed by atoms with E-state index in [1.54, 1.807) is 0 Å². The van der Waals surface area contributed by atoms with Crippen LogP contribution < -0.4 is 4.72 Å². The number of pyridine rings is 1. The Labute approximate surface area is 109 Å². The Kier molecular flexibility index (Phi) is 5.48. The molecule has 1 rings (SSSR count). The highest BCUT2D eigenvalue weighted by Gasteiger charge is 2.16. The number of sulfonamides is 1. The van der Waals surface area contributed by atoms with Crippen molar-refractivity contribution >= 4 is 26.0 Å². The van der Waals surface area contributed by atoms with E-state index in [9.17, 15) is 12.8 Å². The smallest absolute Gasteiger partial charge is 0.242 e. The summed E-state index contributed by atoms with van der Waals surface area (Å²) >= 11 is 3.36. The molecule has 1 unspecified atom stereocenters. The van der Waals surface area contributed by atoms with Gasteiger partial charge in [0.25, 0.3) is 0 Å². The Morgan fingerprint density at radius 3 is 2.82 bits per heavy atom. The number of rotatable bonds is 6. The van der Waals surface area contributed by atoms with Gasteiger partial charge >= 0.3 is 0 Å². The molecule has 96 valence electrons. The summed E-state index contributed by atoms with van der Waals surface area (Å²) in [6.45, 7) is 2.28. The molecule has 1 N–H and O–H groups in total. The average Bonchev–Trinajstić information content (AvgIpc) is 2.27. The first kappa shape index (κ1) is 14.5. The molecule has 0 aliphatic heterocycles. The van der Waals surface area contributed by atoms with Crippen molar-refractivity contribution in [3.8, 4) is 0 Å². The third kappa shape index (κ3) is 4.69. The largest absolute Gasteiger partial charge is 0.260 e.